The maximum Gasteiger partial charge on any atom is 0.189 e. The summed E-state index contributed by atoms with van der Waals surface area (Å²) in [4.78, 5) is 3.04. The highest BCUT2D eigenvalue weighted by Crippen LogP contribution is 2.29. The van der Waals surface area contributed by atoms with Crippen molar-refractivity contribution in [3.05, 3.63) is 88.5 Å². The Morgan fingerprint density at radius 1 is 0.750 bits per heavy atom. The van der Waals surface area contributed by atoms with Crippen molar-refractivity contribution in [2.45, 2.75) is 32.6 Å². The largest absolute Gasteiger partial charge is 0.202 e. The summed E-state index contributed by atoms with van der Waals surface area (Å²) < 4.78 is 56.2. The molecule has 0 atom stereocenters. The van der Waals surface area contributed by atoms with E-state index in [4.69, 9.17) is 0 Å². The van der Waals surface area contributed by atoms with Gasteiger partial charge >= 0.3 is 0 Å². The number of hydrogen-bond acceptors (Lipinski definition) is 2. The monoisotopic (exact) mass is 453 g/mol. The van der Waals surface area contributed by atoms with Crippen molar-refractivity contribution in [1.29, 1.82) is 0 Å². The molecule has 0 spiro atoms. The zero-order valence-electron chi connectivity index (χ0n) is 17.3. The molecular formula is C26H19F4NS. The molecule has 1 nitrogen and oxygen atoms in total. The Balaban J connectivity index is 1.81. The quantitative estimate of drug-likeness (QED) is 0.0927. The Kier molecular flexibility index (Phi) is 7.94. The molecule has 0 aromatic heterocycles. The molecule has 3 aromatic rings. The van der Waals surface area contributed by atoms with Crippen molar-refractivity contribution in [3.8, 4) is 23.0 Å². The van der Waals surface area contributed by atoms with Crippen molar-refractivity contribution in [2.24, 2.45) is 4.99 Å². The Labute approximate surface area is 189 Å². The van der Waals surface area contributed by atoms with Crippen molar-refractivity contribution in [1.82, 2.24) is 0 Å². The van der Waals surface area contributed by atoms with Crippen LogP contribution >= 0.6 is 12.2 Å². The van der Waals surface area contributed by atoms with Gasteiger partial charge < -0.3 is 0 Å². The first-order valence-electron chi connectivity index (χ1n) is 10.1. The third kappa shape index (κ3) is 5.31. The summed E-state index contributed by atoms with van der Waals surface area (Å²) >= 11 is 4.24. The van der Waals surface area contributed by atoms with Gasteiger partial charge in [0.2, 0.25) is 0 Å². The third-order valence-corrected chi connectivity index (χ3v) is 5.06. The van der Waals surface area contributed by atoms with Gasteiger partial charge in [0.25, 0.3) is 0 Å². The Bertz CT molecular complexity index is 1190. The molecule has 6 heteroatoms. The van der Waals surface area contributed by atoms with Crippen molar-refractivity contribution in [2.75, 3.05) is 0 Å². The number of isothiocyanates is 1. The van der Waals surface area contributed by atoms with Crippen LogP contribution in [0, 0.1) is 35.1 Å². The number of benzene rings is 3. The average Bonchev–Trinajstić information content (AvgIpc) is 2.82. The summed E-state index contributed by atoms with van der Waals surface area (Å²) in [5.41, 5.74) is 1.53. The summed E-state index contributed by atoms with van der Waals surface area (Å²) in [5.74, 6) is -1.89. The highest BCUT2D eigenvalue weighted by atomic mass is 32.1. The molecule has 32 heavy (non-hydrogen) atoms. The smallest absolute Gasteiger partial charge is 0.189 e. The molecule has 0 amide bonds. The molecular weight excluding hydrogens is 434 g/mol. The lowest BCUT2D eigenvalue weighted by Crippen LogP contribution is -2.00. The van der Waals surface area contributed by atoms with Crippen LogP contribution in [0.25, 0.3) is 11.1 Å². The molecule has 0 radical (unpaired) electrons. The number of nitrogens with zero attached hydrogens (tertiary/aromatic N) is 1. The van der Waals surface area contributed by atoms with Gasteiger partial charge in [0.15, 0.2) is 29.0 Å². The molecule has 0 aliphatic heterocycles. The summed E-state index contributed by atoms with van der Waals surface area (Å²) in [6.07, 6.45) is 4.61. The molecule has 0 bridgehead atoms. The molecule has 0 N–H and O–H groups in total. The van der Waals surface area contributed by atoms with Crippen LogP contribution in [0.5, 0.6) is 0 Å². The minimum atomic E-state index is -1.67. The first-order chi connectivity index (χ1) is 15.5. The first kappa shape index (κ1) is 23.4. The molecule has 0 unspecified atom stereocenters. The molecule has 0 aliphatic carbocycles. The zero-order chi connectivity index (χ0) is 23.1. The van der Waals surface area contributed by atoms with Crippen LogP contribution in [-0.4, -0.2) is 5.16 Å². The van der Waals surface area contributed by atoms with Crippen LogP contribution < -0.4 is 0 Å². The normalized spacial score (nSPS) is 10.3. The van der Waals surface area contributed by atoms with Gasteiger partial charge in [-0.25, -0.2) is 17.6 Å². The maximum absolute atomic E-state index is 14.1. The van der Waals surface area contributed by atoms with Crippen molar-refractivity contribution >= 4 is 23.1 Å². The van der Waals surface area contributed by atoms with E-state index in [0.29, 0.717) is 5.56 Å². The molecule has 3 aromatic carbocycles. The van der Waals surface area contributed by atoms with Gasteiger partial charge in [-0.3, -0.25) is 0 Å². The number of halogens is 4. The predicted octanol–water partition coefficient (Wildman–Crippen LogP) is 7.78. The van der Waals surface area contributed by atoms with Gasteiger partial charge in [-0.05, 0) is 53.9 Å². The summed E-state index contributed by atoms with van der Waals surface area (Å²) in [5, 5.41) is 1.69. The Hall–Kier alpha value is -3.26. The van der Waals surface area contributed by atoms with Crippen LogP contribution in [0.3, 0.4) is 0 Å². The van der Waals surface area contributed by atoms with E-state index in [9.17, 15) is 17.6 Å². The van der Waals surface area contributed by atoms with E-state index >= 15 is 0 Å². The number of aliphatic imine (C=N–C) groups is 1. The van der Waals surface area contributed by atoms with E-state index in [-0.39, 0.29) is 0 Å². The molecule has 0 saturated heterocycles. The van der Waals surface area contributed by atoms with E-state index in [2.05, 4.69) is 48.1 Å². The van der Waals surface area contributed by atoms with Crippen LogP contribution in [0.1, 0.15) is 42.9 Å². The Morgan fingerprint density at radius 3 is 1.84 bits per heavy atom. The van der Waals surface area contributed by atoms with Gasteiger partial charge in [-0.1, -0.05) is 68.0 Å². The van der Waals surface area contributed by atoms with E-state index in [1.165, 1.54) is 24.8 Å². The van der Waals surface area contributed by atoms with Gasteiger partial charge in [0.05, 0.1) is 5.16 Å². The zero-order valence-corrected chi connectivity index (χ0v) is 18.1. The highest BCUT2D eigenvalue weighted by Gasteiger charge is 2.24. The van der Waals surface area contributed by atoms with Gasteiger partial charge in [0, 0.05) is 5.56 Å². The second kappa shape index (κ2) is 10.9. The average molecular weight is 454 g/mol. The number of unbranched alkanes of at least 4 members (excludes halogenated alkanes) is 2. The number of thiocarbonyl (C=S) groups is 1. The molecule has 0 fully saturated rings. The van der Waals surface area contributed by atoms with Crippen molar-refractivity contribution in [3.63, 3.8) is 0 Å². The van der Waals surface area contributed by atoms with Crippen LogP contribution in [0.4, 0.5) is 23.2 Å². The summed E-state index contributed by atoms with van der Waals surface area (Å²) in [7, 11) is 0. The number of aryl methyl sites for hydroxylation is 1. The molecule has 0 aliphatic rings. The fraction of sp³-hybridized carbons (Fsp3) is 0.192. The van der Waals surface area contributed by atoms with E-state index in [1.54, 1.807) is 17.3 Å². The maximum atomic E-state index is 14.1. The standard InChI is InChI=1S/C26H19F4NS/c1-2-3-4-5-17-6-11-19(12-7-17)20-13-8-18(9-14-20)10-15-21-22(27)24(29)26(31-16-32)25(30)23(21)28/h6-9,11-14H,2-5H2,1H3. The number of rotatable bonds is 6. The topological polar surface area (TPSA) is 12.4 Å². The van der Waals surface area contributed by atoms with Crippen molar-refractivity contribution < 1.29 is 17.6 Å². The third-order valence-electron chi connectivity index (χ3n) is 4.97. The SMILES string of the molecule is CCCCCc1ccc(-c2ccc(C#Cc3c(F)c(F)c(N=C=S)c(F)c3F)cc2)cc1. The van der Waals surface area contributed by atoms with Gasteiger partial charge in [-0.15, -0.1) is 0 Å². The number of hydrogen-bond donors (Lipinski definition) is 0. The predicted molar refractivity (Wildman–Crippen MR) is 122 cm³/mol. The highest BCUT2D eigenvalue weighted by molar-refractivity contribution is 7.78. The minimum absolute atomic E-state index is 0.436. The lowest BCUT2D eigenvalue weighted by Gasteiger charge is -2.05. The summed E-state index contributed by atoms with van der Waals surface area (Å²) in [6, 6.07) is 15.3. The molecule has 0 heterocycles. The van der Waals surface area contributed by atoms with Crippen LogP contribution in [0.15, 0.2) is 53.5 Å². The molecule has 3 rings (SSSR count). The van der Waals surface area contributed by atoms with E-state index in [0.717, 1.165) is 17.5 Å². The van der Waals surface area contributed by atoms with Crippen LogP contribution in [-0.2, 0) is 6.42 Å². The molecule has 162 valence electrons. The van der Waals surface area contributed by atoms with E-state index in [1.807, 2.05) is 24.3 Å². The van der Waals surface area contributed by atoms with Crippen LogP contribution in [0.2, 0.25) is 0 Å². The van der Waals surface area contributed by atoms with Gasteiger partial charge in [-0.2, -0.15) is 4.99 Å². The first-order valence-corrected chi connectivity index (χ1v) is 10.5. The lowest BCUT2D eigenvalue weighted by atomic mass is 10.0. The van der Waals surface area contributed by atoms with Gasteiger partial charge in [0.1, 0.15) is 5.56 Å². The molecule has 0 saturated carbocycles. The summed E-state index contributed by atoms with van der Waals surface area (Å²) in [6.45, 7) is 2.17. The minimum Gasteiger partial charge on any atom is -0.202 e. The second-order valence-electron chi connectivity index (χ2n) is 7.16. The van der Waals surface area contributed by atoms with E-state index < -0.39 is 34.5 Å². The fourth-order valence-electron chi connectivity index (χ4n) is 3.20. The second-order valence-corrected chi connectivity index (χ2v) is 7.35. The lowest BCUT2D eigenvalue weighted by molar-refractivity contribution is 0.454. The fourth-order valence-corrected chi connectivity index (χ4v) is 3.29. The Morgan fingerprint density at radius 2 is 1.31 bits per heavy atom.